The van der Waals surface area contributed by atoms with E-state index >= 15 is 0 Å². The Bertz CT molecular complexity index is 460. The predicted molar refractivity (Wildman–Crippen MR) is 75.2 cm³/mol. The van der Waals surface area contributed by atoms with E-state index in [4.69, 9.17) is 4.74 Å². The van der Waals surface area contributed by atoms with Gasteiger partial charge in [-0.25, -0.2) is 4.39 Å². The highest BCUT2D eigenvalue weighted by Crippen LogP contribution is 2.18. The molecule has 0 aliphatic carbocycles. The molecule has 1 aromatic rings. The molecular formula is C15H22FNO3. The van der Waals surface area contributed by atoms with Crippen LogP contribution in [0, 0.1) is 5.82 Å². The van der Waals surface area contributed by atoms with Gasteiger partial charge in [0.15, 0.2) is 11.6 Å². The van der Waals surface area contributed by atoms with Crippen molar-refractivity contribution >= 4 is 5.91 Å². The number of carbonyl (C=O) groups excluding carboxylic acids is 1. The SMILES string of the molecule is CCCC(C)(O)C(=O)NCCc1ccc(F)c(OC)c1. The zero-order valence-electron chi connectivity index (χ0n) is 12.2. The highest BCUT2D eigenvalue weighted by Gasteiger charge is 2.28. The summed E-state index contributed by atoms with van der Waals surface area (Å²) in [6.07, 6.45) is 1.70. The van der Waals surface area contributed by atoms with Crippen LogP contribution in [-0.2, 0) is 11.2 Å². The molecule has 112 valence electrons. The average molecular weight is 283 g/mol. The number of halogens is 1. The molecule has 0 aromatic heterocycles. The van der Waals surface area contributed by atoms with E-state index in [-0.39, 0.29) is 11.7 Å². The number of hydrogen-bond donors (Lipinski definition) is 2. The number of carbonyl (C=O) groups is 1. The van der Waals surface area contributed by atoms with E-state index in [2.05, 4.69) is 5.32 Å². The van der Waals surface area contributed by atoms with Crippen LogP contribution in [0.25, 0.3) is 0 Å². The van der Waals surface area contributed by atoms with Crippen molar-refractivity contribution in [2.24, 2.45) is 0 Å². The van der Waals surface area contributed by atoms with Crippen molar-refractivity contribution in [3.63, 3.8) is 0 Å². The Morgan fingerprint density at radius 2 is 2.20 bits per heavy atom. The van der Waals surface area contributed by atoms with Gasteiger partial charge in [-0.1, -0.05) is 19.4 Å². The monoisotopic (exact) mass is 283 g/mol. The first kappa shape index (κ1) is 16.4. The smallest absolute Gasteiger partial charge is 0.251 e. The van der Waals surface area contributed by atoms with E-state index in [9.17, 15) is 14.3 Å². The van der Waals surface area contributed by atoms with Gasteiger partial charge in [-0.2, -0.15) is 0 Å². The van der Waals surface area contributed by atoms with Gasteiger partial charge in [0.25, 0.3) is 5.91 Å². The summed E-state index contributed by atoms with van der Waals surface area (Å²) >= 11 is 0. The molecule has 0 saturated heterocycles. The first-order valence-electron chi connectivity index (χ1n) is 6.73. The number of aliphatic hydroxyl groups is 1. The van der Waals surface area contributed by atoms with E-state index in [0.717, 1.165) is 12.0 Å². The number of ether oxygens (including phenoxy) is 1. The molecule has 0 heterocycles. The van der Waals surface area contributed by atoms with E-state index in [1.165, 1.54) is 20.1 Å². The summed E-state index contributed by atoms with van der Waals surface area (Å²) in [5.74, 6) is -0.605. The van der Waals surface area contributed by atoms with Crippen molar-refractivity contribution in [2.75, 3.05) is 13.7 Å². The summed E-state index contributed by atoms with van der Waals surface area (Å²) in [5.41, 5.74) is -0.478. The molecule has 1 aromatic carbocycles. The van der Waals surface area contributed by atoms with Crippen molar-refractivity contribution in [1.29, 1.82) is 0 Å². The summed E-state index contributed by atoms with van der Waals surface area (Å²) in [7, 11) is 1.41. The van der Waals surface area contributed by atoms with Crippen LogP contribution in [0.15, 0.2) is 18.2 Å². The van der Waals surface area contributed by atoms with Crippen molar-refractivity contribution < 1.29 is 19.0 Å². The normalized spacial score (nSPS) is 13.7. The highest BCUT2D eigenvalue weighted by molar-refractivity contribution is 5.84. The number of benzene rings is 1. The minimum atomic E-state index is -1.34. The lowest BCUT2D eigenvalue weighted by atomic mass is 9.99. The van der Waals surface area contributed by atoms with Gasteiger partial charge in [0.1, 0.15) is 5.60 Å². The fraction of sp³-hybridized carbons (Fsp3) is 0.533. The maximum Gasteiger partial charge on any atom is 0.251 e. The second kappa shape index (κ2) is 7.24. The topological polar surface area (TPSA) is 58.6 Å². The lowest BCUT2D eigenvalue weighted by Gasteiger charge is -2.21. The average Bonchev–Trinajstić information content (AvgIpc) is 2.40. The third-order valence-corrected chi connectivity index (χ3v) is 3.14. The summed E-state index contributed by atoms with van der Waals surface area (Å²) in [6.45, 7) is 3.80. The molecule has 0 bridgehead atoms. The van der Waals surface area contributed by atoms with Gasteiger partial charge in [-0.3, -0.25) is 4.79 Å². The maximum absolute atomic E-state index is 13.2. The molecule has 0 aliphatic rings. The van der Waals surface area contributed by atoms with Gasteiger partial charge in [-0.15, -0.1) is 0 Å². The van der Waals surface area contributed by atoms with Crippen molar-refractivity contribution in [2.45, 2.75) is 38.7 Å². The standard InChI is InChI=1S/C15H22FNO3/c1-4-8-15(2,19)14(18)17-9-7-11-5-6-12(16)13(10-11)20-3/h5-6,10,19H,4,7-9H2,1-3H3,(H,17,18). The lowest BCUT2D eigenvalue weighted by molar-refractivity contribution is -0.138. The molecule has 20 heavy (non-hydrogen) atoms. The molecule has 2 N–H and O–H groups in total. The van der Waals surface area contributed by atoms with Gasteiger partial charge in [-0.05, 0) is 37.5 Å². The number of hydrogen-bond acceptors (Lipinski definition) is 3. The molecule has 1 amide bonds. The Kier molecular flexibility index (Phi) is 5.95. The molecule has 0 fully saturated rings. The first-order chi connectivity index (χ1) is 9.40. The summed E-state index contributed by atoms with van der Waals surface area (Å²) in [6, 6.07) is 4.59. The van der Waals surface area contributed by atoms with Crippen molar-refractivity contribution in [3.8, 4) is 5.75 Å². The van der Waals surface area contributed by atoms with E-state index < -0.39 is 11.4 Å². The minimum absolute atomic E-state index is 0.187. The second-order valence-electron chi connectivity index (χ2n) is 5.00. The summed E-state index contributed by atoms with van der Waals surface area (Å²) in [5, 5.41) is 12.6. The Morgan fingerprint density at radius 3 is 2.80 bits per heavy atom. The Balaban J connectivity index is 2.50. The quantitative estimate of drug-likeness (QED) is 0.805. The molecule has 4 nitrogen and oxygen atoms in total. The molecule has 0 radical (unpaired) electrons. The van der Waals surface area contributed by atoms with E-state index in [1.54, 1.807) is 12.1 Å². The van der Waals surface area contributed by atoms with Crippen LogP contribution in [0.5, 0.6) is 5.75 Å². The predicted octanol–water partition coefficient (Wildman–Crippen LogP) is 2.04. The fourth-order valence-corrected chi connectivity index (χ4v) is 1.97. The third kappa shape index (κ3) is 4.49. The molecule has 0 spiro atoms. The van der Waals surface area contributed by atoms with Crippen LogP contribution in [-0.4, -0.2) is 30.3 Å². The van der Waals surface area contributed by atoms with Gasteiger partial charge in [0.05, 0.1) is 7.11 Å². The number of methoxy groups -OCH3 is 1. The number of rotatable bonds is 7. The van der Waals surface area contributed by atoms with Crippen LogP contribution in [0.3, 0.4) is 0 Å². The largest absolute Gasteiger partial charge is 0.494 e. The third-order valence-electron chi connectivity index (χ3n) is 3.14. The van der Waals surface area contributed by atoms with Crippen LogP contribution < -0.4 is 10.1 Å². The Morgan fingerprint density at radius 1 is 1.50 bits per heavy atom. The van der Waals surface area contributed by atoms with Gasteiger partial charge in [0, 0.05) is 6.54 Å². The molecule has 1 atom stereocenters. The zero-order chi connectivity index (χ0) is 15.2. The Hall–Kier alpha value is -1.62. The maximum atomic E-state index is 13.2. The van der Waals surface area contributed by atoms with Crippen LogP contribution in [0.2, 0.25) is 0 Å². The highest BCUT2D eigenvalue weighted by atomic mass is 19.1. The van der Waals surface area contributed by atoms with Crippen molar-refractivity contribution in [3.05, 3.63) is 29.6 Å². The van der Waals surface area contributed by atoms with Gasteiger partial charge in [0.2, 0.25) is 0 Å². The summed E-state index contributed by atoms with van der Waals surface area (Å²) in [4.78, 5) is 11.8. The van der Waals surface area contributed by atoms with Crippen LogP contribution >= 0.6 is 0 Å². The zero-order valence-corrected chi connectivity index (χ0v) is 12.2. The Labute approximate surface area is 119 Å². The molecule has 1 rings (SSSR count). The molecule has 5 heteroatoms. The second-order valence-corrected chi connectivity index (χ2v) is 5.00. The van der Waals surface area contributed by atoms with E-state index in [1.807, 2.05) is 6.92 Å². The molecule has 0 aliphatic heterocycles. The van der Waals surface area contributed by atoms with Crippen LogP contribution in [0.4, 0.5) is 4.39 Å². The van der Waals surface area contributed by atoms with E-state index in [0.29, 0.717) is 19.4 Å². The molecular weight excluding hydrogens is 261 g/mol. The fourth-order valence-electron chi connectivity index (χ4n) is 1.97. The first-order valence-corrected chi connectivity index (χ1v) is 6.73. The number of nitrogens with one attached hydrogen (secondary N) is 1. The molecule has 0 saturated carbocycles. The van der Waals surface area contributed by atoms with Gasteiger partial charge < -0.3 is 15.2 Å². The van der Waals surface area contributed by atoms with Crippen LogP contribution in [0.1, 0.15) is 32.3 Å². The lowest BCUT2D eigenvalue weighted by Crippen LogP contribution is -2.45. The van der Waals surface area contributed by atoms with Gasteiger partial charge >= 0.3 is 0 Å². The van der Waals surface area contributed by atoms with Crippen molar-refractivity contribution in [1.82, 2.24) is 5.32 Å². The minimum Gasteiger partial charge on any atom is -0.494 e. The summed E-state index contributed by atoms with van der Waals surface area (Å²) < 4.78 is 18.1. The number of amides is 1. The molecule has 1 unspecified atom stereocenters.